The number of aromatic nitrogens is 3. The van der Waals surface area contributed by atoms with Gasteiger partial charge >= 0.3 is 0 Å². The topological polar surface area (TPSA) is 56.7 Å². The molecule has 0 saturated carbocycles. The van der Waals surface area contributed by atoms with Gasteiger partial charge < -0.3 is 5.73 Å². The molecule has 0 unspecified atom stereocenters. The fourth-order valence-corrected chi connectivity index (χ4v) is 1.66. The Hall–Kier alpha value is -1.27. The molecule has 0 amide bonds. The molecule has 0 radical (unpaired) electrons. The molecule has 7 heteroatoms. The number of nitrogens with zero attached hydrogens (tertiary/aromatic N) is 3. The van der Waals surface area contributed by atoms with Crippen LogP contribution in [0.25, 0.3) is 5.69 Å². The molecule has 0 spiro atoms. The molecular weight excluding hydrogens is 251 g/mol. The standard InChI is InChI=1S/C9H8ClFN4S/c1-16-9-13-8(12)15(14-9)5-2-3-6(10)7(11)4-5/h2-4H,1H3,(H2,12,13,14). The minimum absolute atomic E-state index is 0.0625. The molecule has 0 bridgehead atoms. The van der Waals surface area contributed by atoms with Crippen molar-refractivity contribution < 1.29 is 4.39 Å². The van der Waals surface area contributed by atoms with Gasteiger partial charge in [0.25, 0.3) is 0 Å². The van der Waals surface area contributed by atoms with Gasteiger partial charge in [0.1, 0.15) is 5.82 Å². The maximum atomic E-state index is 13.2. The van der Waals surface area contributed by atoms with E-state index >= 15 is 0 Å². The molecule has 4 nitrogen and oxygen atoms in total. The highest BCUT2D eigenvalue weighted by molar-refractivity contribution is 7.98. The van der Waals surface area contributed by atoms with Crippen molar-refractivity contribution in [1.82, 2.24) is 14.8 Å². The fourth-order valence-electron chi connectivity index (χ4n) is 1.20. The summed E-state index contributed by atoms with van der Waals surface area (Å²) in [5, 5.41) is 4.70. The Kier molecular flexibility index (Phi) is 3.02. The molecule has 84 valence electrons. The summed E-state index contributed by atoms with van der Waals surface area (Å²) in [5.41, 5.74) is 6.15. The summed E-state index contributed by atoms with van der Waals surface area (Å²) < 4.78 is 14.6. The molecule has 0 fully saturated rings. The zero-order valence-corrected chi connectivity index (χ0v) is 9.89. The third-order valence-electron chi connectivity index (χ3n) is 1.94. The van der Waals surface area contributed by atoms with Crippen LogP contribution in [0.15, 0.2) is 23.4 Å². The van der Waals surface area contributed by atoms with E-state index < -0.39 is 5.82 Å². The average molecular weight is 259 g/mol. The van der Waals surface area contributed by atoms with Crippen molar-refractivity contribution in [3.63, 3.8) is 0 Å². The Morgan fingerprint density at radius 3 is 2.81 bits per heavy atom. The number of halogens is 2. The minimum Gasteiger partial charge on any atom is -0.368 e. The van der Waals surface area contributed by atoms with E-state index in [0.717, 1.165) is 0 Å². The molecule has 2 N–H and O–H groups in total. The normalized spacial score (nSPS) is 10.7. The van der Waals surface area contributed by atoms with E-state index in [1.165, 1.54) is 28.6 Å². The lowest BCUT2D eigenvalue weighted by atomic mass is 10.3. The van der Waals surface area contributed by atoms with Crippen molar-refractivity contribution in [3.05, 3.63) is 29.0 Å². The van der Waals surface area contributed by atoms with Crippen LogP contribution in [0.4, 0.5) is 10.3 Å². The fraction of sp³-hybridized carbons (Fsp3) is 0.111. The Balaban J connectivity index is 2.49. The predicted octanol–water partition coefficient (Wildman–Crippen LogP) is 2.36. The zero-order chi connectivity index (χ0) is 11.7. The van der Waals surface area contributed by atoms with Gasteiger partial charge in [-0.05, 0) is 18.4 Å². The third kappa shape index (κ3) is 1.98. The number of thioether (sulfide) groups is 1. The van der Waals surface area contributed by atoms with Crippen LogP contribution in [-0.4, -0.2) is 21.0 Å². The Bertz CT molecular complexity index is 528. The highest BCUT2D eigenvalue weighted by Gasteiger charge is 2.09. The van der Waals surface area contributed by atoms with Gasteiger partial charge in [-0.2, -0.15) is 9.67 Å². The van der Waals surface area contributed by atoms with Crippen molar-refractivity contribution in [2.24, 2.45) is 0 Å². The summed E-state index contributed by atoms with van der Waals surface area (Å²) in [5.74, 6) is -0.300. The molecule has 16 heavy (non-hydrogen) atoms. The van der Waals surface area contributed by atoms with Gasteiger partial charge in [0.05, 0.1) is 10.7 Å². The molecule has 1 aromatic carbocycles. The summed E-state index contributed by atoms with van der Waals surface area (Å²) in [6.07, 6.45) is 1.83. The lowest BCUT2D eigenvalue weighted by Gasteiger charge is -2.02. The molecule has 2 rings (SSSR count). The van der Waals surface area contributed by atoms with E-state index in [-0.39, 0.29) is 11.0 Å². The first-order valence-electron chi connectivity index (χ1n) is 4.34. The van der Waals surface area contributed by atoms with Gasteiger partial charge in [0, 0.05) is 6.07 Å². The maximum Gasteiger partial charge on any atom is 0.224 e. The number of nitrogen functional groups attached to an aromatic ring is 1. The second-order valence-electron chi connectivity index (χ2n) is 2.97. The summed E-state index contributed by atoms with van der Waals surface area (Å²) >= 11 is 6.95. The molecule has 2 aromatic rings. The monoisotopic (exact) mass is 258 g/mol. The van der Waals surface area contributed by atoms with Crippen LogP contribution < -0.4 is 5.73 Å². The van der Waals surface area contributed by atoms with Gasteiger partial charge in [-0.15, -0.1) is 5.10 Å². The van der Waals surface area contributed by atoms with Crippen molar-refractivity contribution in [2.75, 3.05) is 12.0 Å². The van der Waals surface area contributed by atoms with E-state index in [2.05, 4.69) is 10.1 Å². The van der Waals surface area contributed by atoms with Crippen LogP contribution in [0, 0.1) is 5.82 Å². The molecular formula is C9H8ClFN4S. The van der Waals surface area contributed by atoms with Crippen LogP contribution in [0.3, 0.4) is 0 Å². The molecule has 0 aliphatic rings. The molecule has 1 heterocycles. The molecule has 0 saturated heterocycles. The van der Waals surface area contributed by atoms with Crippen LogP contribution in [0.5, 0.6) is 0 Å². The van der Waals surface area contributed by atoms with Crippen molar-refractivity contribution in [2.45, 2.75) is 5.16 Å². The van der Waals surface area contributed by atoms with E-state index in [9.17, 15) is 4.39 Å². The average Bonchev–Trinajstić information content (AvgIpc) is 2.64. The first-order chi connectivity index (χ1) is 7.61. The van der Waals surface area contributed by atoms with E-state index in [0.29, 0.717) is 10.8 Å². The number of benzene rings is 1. The largest absolute Gasteiger partial charge is 0.368 e. The SMILES string of the molecule is CSc1nc(N)n(-c2ccc(Cl)c(F)c2)n1. The second-order valence-corrected chi connectivity index (χ2v) is 4.15. The van der Waals surface area contributed by atoms with Crippen LogP contribution in [0.2, 0.25) is 5.02 Å². The maximum absolute atomic E-state index is 13.2. The Labute approximate surface area is 101 Å². The summed E-state index contributed by atoms with van der Waals surface area (Å²) in [6.45, 7) is 0. The zero-order valence-electron chi connectivity index (χ0n) is 8.32. The van der Waals surface area contributed by atoms with E-state index in [1.54, 1.807) is 6.07 Å². The summed E-state index contributed by atoms with van der Waals surface area (Å²) in [4.78, 5) is 3.99. The summed E-state index contributed by atoms with van der Waals surface area (Å²) in [7, 11) is 0. The highest BCUT2D eigenvalue weighted by Crippen LogP contribution is 2.20. The lowest BCUT2D eigenvalue weighted by Crippen LogP contribution is -2.02. The third-order valence-corrected chi connectivity index (χ3v) is 2.79. The van der Waals surface area contributed by atoms with Crippen molar-refractivity contribution in [3.8, 4) is 5.69 Å². The van der Waals surface area contributed by atoms with E-state index in [4.69, 9.17) is 17.3 Å². The molecule has 0 aliphatic carbocycles. The number of hydrogen-bond donors (Lipinski definition) is 1. The van der Waals surface area contributed by atoms with Crippen molar-refractivity contribution in [1.29, 1.82) is 0 Å². The van der Waals surface area contributed by atoms with Gasteiger partial charge in [-0.25, -0.2) is 4.39 Å². The van der Waals surface area contributed by atoms with Gasteiger partial charge in [-0.3, -0.25) is 0 Å². The Morgan fingerprint density at radius 2 is 2.25 bits per heavy atom. The van der Waals surface area contributed by atoms with Crippen molar-refractivity contribution >= 4 is 29.3 Å². The molecule has 0 aliphatic heterocycles. The molecule has 0 atom stereocenters. The first kappa shape index (κ1) is 11.2. The smallest absolute Gasteiger partial charge is 0.224 e. The quantitative estimate of drug-likeness (QED) is 0.841. The van der Waals surface area contributed by atoms with Crippen LogP contribution >= 0.6 is 23.4 Å². The van der Waals surface area contributed by atoms with E-state index in [1.807, 2.05) is 6.26 Å². The van der Waals surface area contributed by atoms with Crippen LogP contribution in [0.1, 0.15) is 0 Å². The Morgan fingerprint density at radius 1 is 1.50 bits per heavy atom. The first-order valence-corrected chi connectivity index (χ1v) is 5.94. The van der Waals surface area contributed by atoms with Gasteiger partial charge in [0.15, 0.2) is 0 Å². The number of nitrogens with two attached hydrogens (primary N) is 1. The predicted molar refractivity (Wildman–Crippen MR) is 62.5 cm³/mol. The second kappa shape index (κ2) is 4.31. The van der Waals surface area contributed by atoms with Crippen LogP contribution in [-0.2, 0) is 0 Å². The number of anilines is 1. The van der Waals surface area contributed by atoms with Gasteiger partial charge in [-0.1, -0.05) is 23.4 Å². The number of hydrogen-bond acceptors (Lipinski definition) is 4. The minimum atomic E-state index is -0.514. The molecule has 1 aromatic heterocycles. The number of rotatable bonds is 2. The highest BCUT2D eigenvalue weighted by atomic mass is 35.5. The summed E-state index contributed by atoms with van der Waals surface area (Å²) in [6, 6.07) is 4.34. The lowest BCUT2D eigenvalue weighted by molar-refractivity contribution is 0.625. The van der Waals surface area contributed by atoms with Gasteiger partial charge in [0.2, 0.25) is 11.1 Å².